The molecular weight excluding hydrogens is 288 g/mol. The second kappa shape index (κ2) is 6.53. The lowest BCUT2D eigenvalue weighted by Crippen LogP contribution is -2.16. The zero-order valence-corrected chi connectivity index (χ0v) is 12.8. The van der Waals surface area contributed by atoms with E-state index in [1.807, 2.05) is 6.92 Å². The molecule has 21 heavy (non-hydrogen) atoms. The average Bonchev–Trinajstić information content (AvgIpc) is 2.45. The van der Waals surface area contributed by atoms with Gasteiger partial charge >= 0.3 is 0 Å². The molecule has 0 aromatic carbocycles. The molecular formula is C14H18N4O2S. The van der Waals surface area contributed by atoms with E-state index in [1.54, 1.807) is 37.5 Å². The van der Waals surface area contributed by atoms with Gasteiger partial charge in [0, 0.05) is 30.8 Å². The summed E-state index contributed by atoms with van der Waals surface area (Å²) in [5.74, 6) is 0. The molecule has 2 rings (SSSR count). The first-order valence-corrected chi connectivity index (χ1v) is 8.14. The molecule has 112 valence electrons. The SMILES string of the molecule is CCCNc1ccncc1S(=O)(=O)Nc1ccnc(C)c1. The fourth-order valence-corrected chi connectivity index (χ4v) is 3.00. The maximum Gasteiger partial charge on any atom is 0.265 e. The van der Waals surface area contributed by atoms with E-state index in [9.17, 15) is 8.42 Å². The Kier molecular flexibility index (Phi) is 4.74. The molecule has 0 amide bonds. The smallest absolute Gasteiger partial charge is 0.265 e. The first kappa shape index (κ1) is 15.2. The molecule has 0 bridgehead atoms. The van der Waals surface area contributed by atoms with Gasteiger partial charge in [-0.2, -0.15) is 0 Å². The summed E-state index contributed by atoms with van der Waals surface area (Å²) in [5.41, 5.74) is 1.77. The van der Waals surface area contributed by atoms with Crippen molar-refractivity contribution in [2.24, 2.45) is 0 Å². The largest absolute Gasteiger partial charge is 0.384 e. The molecule has 0 saturated carbocycles. The number of hydrogen-bond acceptors (Lipinski definition) is 5. The second-order valence-electron chi connectivity index (χ2n) is 4.59. The van der Waals surface area contributed by atoms with E-state index in [2.05, 4.69) is 20.0 Å². The van der Waals surface area contributed by atoms with Gasteiger partial charge in [-0.3, -0.25) is 14.7 Å². The molecule has 0 saturated heterocycles. The van der Waals surface area contributed by atoms with Crippen LogP contribution >= 0.6 is 0 Å². The van der Waals surface area contributed by atoms with Crippen LogP contribution < -0.4 is 10.0 Å². The summed E-state index contributed by atoms with van der Waals surface area (Å²) in [5, 5.41) is 3.09. The Labute approximate surface area is 124 Å². The van der Waals surface area contributed by atoms with Crippen LogP contribution in [0.1, 0.15) is 19.0 Å². The van der Waals surface area contributed by atoms with Crippen LogP contribution in [0, 0.1) is 6.92 Å². The first-order valence-electron chi connectivity index (χ1n) is 6.66. The zero-order chi connectivity index (χ0) is 15.3. The number of nitrogens with one attached hydrogen (secondary N) is 2. The van der Waals surface area contributed by atoms with Crippen molar-refractivity contribution in [2.75, 3.05) is 16.6 Å². The summed E-state index contributed by atoms with van der Waals surface area (Å²) in [6.07, 6.45) is 5.37. The molecule has 0 spiro atoms. The van der Waals surface area contributed by atoms with Crippen LogP contribution in [0.2, 0.25) is 0 Å². The maximum absolute atomic E-state index is 12.5. The number of anilines is 2. The molecule has 0 aliphatic heterocycles. The van der Waals surface area contributed by atoms with Gasteiger partial charge in [0.2, 0.25) is 0 Å². The Balaban J connectivity index is 2.31. The molecule has 0 aliphatic carbocycles. The van der Waals surface area contributed by atoms with Gasteiger partial charge in [0.15, 0.2) is 0 Å². The van der Waals surface area contributed by atoms with Crippen LogP contribution in [0.5, 0.6) is 0 Å². The molecule has 2 aromatic heterocycles. The maximum atomic E-state index is 12.5. The lowest BCUT2D eigenvalue weighted by Gasteiger charge is -2.13. The highest BCUT2D eigenvalue weighted by atomic mass is 32.2. The van der Waals surface area contributed by atoms with Gasteiger partial charge in [0.25, 0.3) is 10.0 Å². The quantitative estimate of drug-likeness (QED) is 0.856. The number of hydrogen-bond donors (Lipinski definition) is 2. The number of aryl methyl sites for hydroxylation is 1. The van der Waals surface area contributed by atoms with Crippen LogP contribution in [-0.4, -0.2) is 24.9 Å². The number of rotatable bonds is 6. The third-order valence-corrected chi connectivity index (χ3v) is 4.20. The Morgan fingerprint density at radius 1 is 1.24 bits per heavy atom. The number of sulfonamides is 1. The van der Waals surface area contributed by atoms with Crippen LogP contribution in [0.15, 0.2) is 41.7 Å². The molecule has 6 nitrogen and oxygen atoms in total. The van der Waals surface area contributed by atoms with Gasteiger partial charge in [-0.25, -0.2) is 8.42 Å². The minimum absolute atomic E-state index is 0.132. The summed E-state index contributed by atoms with van der Waals surface area (Å²) < 4.78 is 27.5. The fraction of sp³-hybridized carbons (Fsp3) is 0.286. The lowest BCUT2D eigenvalue weighted by atomic mass is 10.3. The third-order valence-electron chi connectivity index (χ3n) is 2.79. The van der Waals surface area contributed by atoms with Crippen LogP contribution in [-0.2, 0) is 10.0 Å². The van der Waals surface area contributed by atoms with Crippen molar-refractivity contribution in [1.82, 2.24) is 9.97 Å². The molecule has 7 heteroatoms. The van der Waals surface area contributed by atoms with Crippen LogP contribution in [0.25, 0.3) is 0 Å². The molecule has 0 atom stereocenters. The van der Waals surface area contributed by atoms with Crippen LogP contribution in [0.4, 0.5) is 11.4 Å². The summed E-state index contributed by atoms with van der Waals surface area (Å²) in [6, 6.07) is 4.94. The van der Waals surface area contributed by atoms with Crippen molar-refractivity contribution in [2.45, 2.75) is 25.2 Å². The van der Waals surface area contributed by atoms with Gasteiger partial charge in [-0.1, -0.05) is 6.92 Å². The van der Waals surface area contributed by atoms with Gasteiger partial charge in [0.05, 0.1) is 11.4 Å². The van der Waals surface area contributed by atoms with E-state index in [1.165, 1.54) is 6.20 Å². The van der Waals surface area contributed by atoms with Gasteiger partial charge in [-0.15, -0.1) is 0 Å². The third kappa shape index (κ3) is 3.91. The van der Waals surface area contributed by atoms with Crippen molar-refractivity contribution in [3.05, 3.63) is 42.5 Å². The molecule has 0 radical (unpaired) electrons. The highest BCUT2D eigenvalue weighted by molar-refractivity contribution is 7.92. The topological polar surface area (TPSA) is 84.0 Å². The molecule has 2 N–H and O–H groups in total. The molecule has 0 fully saturated rings. The second-order valence-corrected chi connectivity index (χ2v) is 6.24. The van der Waals surface area contributed by atoms with Crippen molar-refractivity contribution < 1.29 is 8.42 Å². The van der Waals surface area contributed by atoms with Gasteiger partial charge in [-0.05, 0) is 31.5 Å². The predicted molar refractivity (Wildman–Crippen MR) is 82.8 cm³/mol. The normalized spacial score (nSPS) is 11.1. The van der Waals surface area contributed by atoms with E-state index in [-0.39, 0.29) is 4.90 Å². The van der Waals surface area contributed by atoms with E-state index >= 15 is 0 Å². The van der Waals surface area contributed by atoms with Crippen LogP contribution in [0.3, 0.4) is 0 Å². The Hall–Kier alpha value is -2.15. The molecule has 0 unspecified atom stereocenters. The summed E-state index contributed by atoms with van der Waals surface area (Å²) in [4.78, 5) is 8.08. The van der Waals surface area contributed by atoms with E-state index in [0.29, 0.717) is 17.9 Å². The Morgan fingerprint density at radius 3 is 2.76 bits per heavy atom. The lowest BCUT2D eigenvalue weighted by molar-refractivity contribution is 0.601. The van der Waals surface area contributed by atoms with Gasteiger partial charge < -0.3 is 5.32 Å². The Bertz CT molecular complexity index is 716. The first-order chi connectivity index (χ1) is 10.0. The highest BCUT2D eigenvalue weighted by Crippen LogP contribution is 2.22. The summed E-state index contributed by atoms with van der Waals surface area (Å²) in [6.45, 7) is 4.51. The number of pyridine rings is 2. The van der Waals surface area contributed by atoms with Crippen molar-refractivity contribution in [3.8, 4) is 0 Å². The standard InChI is InChI=1S/C14H18N4O2S/c1-3-6-17-13-5-7-15-10-14(13)21(19,20)18-12-4-8-16-11(2)9-12/h4-5,7-10H,3,6H2,1-2H3,(H,15,17)(H,16,18). The fourth-order valence-electron chi connectivity index (χ4n) is 1.82. The average molecular weight is 306 g/mol. The van der Waals surface area contributed by atoms with E-state index in [0.717, 1.165) is 12.1 Å². The monoisotopic (exact) mass is 306 g/mol. The molecule has 0 aliphatic rings. The number of nitrogens with zero attached hydrogens (tertiary/aromatic N) is 2. The summed E-state index contributed by atoms with van der Waals surface area (Å²) >= 11 is 0. The van der Waals surface area contributed by atoms with Gasteiger partial charge in [0.1, 0.15) is 4.90 Å². The molecule has 2 aromatic rings. The minimum atomic E-state index is -3.69. The Morgan fingerprint density at radius 2 is 2.05 bits per heavy atom. The summed E-state index contributed by atoms with van der Waals surface area (Å²) in [7, 11) is -3.69. The highest BCUT2D eigenvalue weighted by Gasteiger charge is 2.19. The van der Waals surface area contributed by atoms with E-state index < -0.39 is 10.0 Å². The van der Waals surface area contributed by atoms with Crippen molar-refractivity contribution in [3.63, 3.8) is 0 Å². The van der Waals surface area contributed by atoms with E-state index in [4.69, 9.17) is 0 Å². The zero-order valence-electron chi connectivity index (χ0n) is 12.0. The molecule has 2 heterocycles. The van der Waals surface area contributed by atoms with Crippen molar-refractivity contribution in [1.29, 1.82) is 0 Å². The number of aromatic nitrogens is 2. The predicted octanol–water partition coefficient (Wildman–Crippen LogP) is 2.41. The van der Waals surface area contributed by atoms with Crippen molar-refractivity contribution >= 4 is 21.4 Å². The minimum Gasteiger partial charge on any atom is -0.384 e.